The highest BCUT2D eigenvalue weighted by molar-refractivity contribution is 9.11. The van der Waals surface area contributed by atoms with Crippen LogP contribution in [0.1, 0.15) is 11.8 Å². The summed E-state index contributed by atoms with van der Waals surface area (Å²) < 4.78 is 6.35. The van der Waals surface area contributed by atoms with Crippen LogP contribution in [0.2, 0.25) is 0 Å². The molecule has 0 aliphatic heterocycles. The predicted octanol–water partition coefficient (Wildman–Crippen LogP) is 3.43. The zero-order chi connectivity index (χ0) is 14.4. The summed E-state index contributed by atoms with van der Waals surface area (Å²) in [7, 11) is 0. The van der Waals surface area contributed by atoms with Crippen molar-refractivity contribution in [3.8, 4) is 5.75 Å². The van der Waals surface area contributed by atoms with Crippen LogP contribution in [-0.2, 0) is 4.79 Å². The van der Waals surface area contributed by atoms with Crippen LogP contribution in [0.4, 0.5) is 0 Å². The van der Waals surface area contributed by atoms with E-state index in [4.69, 9.17) is 4.74 Å². The average molecular weight is 353 g/mol. The van der Waals surface area contributed by atoms with E-state index in [1.807, 2.05) is 37.3 Å². The number of hydrogen-bond acceptors (Lipinski definition) is 4. The number of thiophene rings is 1. The van der Waals surface area contributed by atoms with Gasteiger partial charge in [-0.3, -0.25) is 4.79 Å². The topological polar surface area (TPSA) is 50.7 Å². The number of benzene rings is 1. The molecule has 1 aromatic heterocycles. The zero-order valence-corrected chi connectivity index (χ0v) is 13.2. The molecule has 4 nitrogen and oxygen atoms in total. The Morgan fingerprint density at radius 2 is 2.05 bits per heavy atom. The van der Waals surface area contributed by atoms with Crippen molar-refractivity contribution in [3.05, 3.63) is 51.1 Å². The minimum atomic E-state index is -0.288. The molecule has 2 aromatic rings. The molecule has 0 saturated heterocycles. The quantitative estimate of drug-likeness (QED) is 0.661. The maximum absolute atomic E-state index is 11.6. The number of halogens is 1. The summed E-state index contributed by atoms with van der Waals surface area (Å²) in [5, 5.41) is 4.05. The van der Waals surface area contributed by atoms with Gasteiger partial charge in [-0.25, -0.2) is 5.43 Å². The highest BCUT2D eigenvalue weighted by Crippen LogP contribution is 2.22. The minimum absolute atomic E-state index is 0.0606. The van der Waals surface area contributed by atoms with E-state index in [2.05, 4.69) is 26.5 Å². The Morgan fingerprint density at radius 3 is 2.70 bits per heavy atom. The van der Waals surface area contributed by atoms with Gasteiger partial charge >= 0.3 is 0 Å². The van der Waals surface area contributed by atoms with Crippen LogP contribution in [0.15, 0.2) is 51.4 Å². The van der Waals surface area contributed by atoms with Crippen molar-refractivity contribution in [2.75, 3.05) is 6.61 Å². The molecule has 1 heterocycles. The molecule has 0 spiro atoms. The lowest BCUT2D eigenvalue weighted by molar-refractivity contribution is -0.123. The molecular formula is C14H13BrN2O2S. The normalized spacial score (nSPS) is 11.2. The fourth-order valence-electron chi connectivity index (χ4n) is 1.41. The first-order valence-corrected chi connectivity index (χ1v) is 7.53. The fraction of sp³-hybridized carbons (Fsp3) is 0.143. The summed E-state index contributed by atoms with van der Waals surface area (Å²) in [6.45, 7) is 1.78. The largest absolute Gasteiger partial charge is 0.484 e. The lowest BCUT2D eigenvalue weighted by atomic mass is 10.3. The van der Waals surface area contributed by atoms with E-state index in [0.29, 0.717) is 5.75 Å². The van der Waals surface area contributed by atoms with E-state index in [1.54, 1.807) is 23.5 Å². The van der Waals surface area contributed by atoms with Crippen molar-refractivity contribution in [3.63, 3.8) is 0 Å². The molecule has 0 aliphatic rings. The molecule has 1 N–H and O–H groups in total. The molecule has 0 bridgehead atoms. The van der Waals surface area contributed by atoms with Crippen molar-refractivity contribution in [2.24, 2.45) is 5.10 Å². The number of hydrogen-bond donors (Lipinski definition) is 1. The molecule has 0 saturated carbocycles. The number of ether oxygens (including phenoxy) is 1. The molecule has 104 valence electrons. The second-order valence-corrected chi connectivity index (χ2v) is 6.40. The molecule has 20 heavy (non-hydrogen) atoms. The van der Waals surface area contributed by atoms with E-state index < -0.39 is 0 Å². The van der Waals surface area contributed by atoms with E-state index >= 15 is 0 Å². The van der Waals surface area contributed by atoms with Crippen LogP contribution in [0.3, 0.4) is 0 Å². The third-order valence-electron chi connectivity index (χ3n) is 2.39. The van der Waals surface area contributed by atoms with Gasteiger partial charge in [0, 0.05) is 0 Å². The maximum atomic E-state index is 11.6. The third kappa shape index (κ3) is 4.47. The number of rotatable bonds is 5. The summed E-state index contributed by atoms with van der Waals surface area (Å²) in [6, 6.07) is 13.1. The minimum Gasteiger partial charge on any atom is -0.484 e. The van der Waals surface area contributed by atoms with Gasteiger partial charge in [-0.2, -0.15) is 5.10 Å². The van der Waals surface area contributed by atoms with Crippen molar-refractivity contribution in [2.45, 2.75) is 6.92 Å². The van der Waals surface area contributed by atoms with Gasteiger partial charge in [-0.15, -0.1) is 11.3 Å². The number of amides is 1. The van der Waals surface area contributed by atoms with Gasteiger partial charge in [0.15, 0.2) is 6.61 Å². The first kappa shape index (κ1) is 14.7. The average Bonchev–Trinajstić information content (AvgIpc) is 2.90. The molecular weight excluding hydrogens is 340 g/mol. The Hall–Kier alpha value is -1.66. The van der Waals surface area contributed by atoms with Crippen molar-refractivity contribution >= 4 is 38.9 Å². The standard InChI is InChI=1S/C14H13BrN2O2S/c1-10(12-7-8-13(15)20-12)16-17-14(18)9-19-11-5-3-2-4-6-11/h2-8H,9H2,1H3,(H,17,18). The van der Waals surface area contributed by atoms with Crippen LogP contribution < -0.4 is 10.2 Å². The smallest absolute Gasteiger partial charge is 0.277 e. The highest BCUT2D eigenvalue weighted by atomic mass is 79.9. The van der Waals surface area contributed by atoms with E-state index in [0.717, 1.165) is 14.4 Å². The number of nitrogens with zero attached hydrogens (tertiary/aromatic N) is 1. The van der Waals surface area contributed by atoms with Gasteiger partial charge in [0.05, 0.1) is 14.4 Å². The molecule has 2 rings (SSSR count). The monoisotopic (exact) mass is 352 g/mol. The fourth-order valence-corrected chi connectivity index (χ4v) is 2.74. The summed E-state index contributed by atoms with van der Waals surface area (Å²) in [5.74, 6) is 0.370. The SMILES string of the molecule is CC(=NNC(=O)COc1ccccc1)c1ccc(Br)s1. The highest BCUT2D eigenvalue weighted by Gasteiger charge is 2.04. The Morgan fingerprint density at radius 1 is 1.30 bits per heavy atom. The molecule has 0 aliphatic carbocycles. The van der Waals surface area contributed by atoms with E-state index in [-0.39, 0.29) is 12.5 Å². The van der Waals surface area contributed by atoms with Crippen LogP contribution in [0.25, 0.3) is 0 Å². The van der Waals surface area contributed by atoms with E-state index in [1.165, 1.54) is 0 Å². The molecule has 1 aromatic carbocycles. The van der Waals surface area contributed by atoms with Crippen LogP contribution in [-0.4, -0.2) is 18.2 Å². The maximum Gasteiger partial charge on any atom is 0.277 e. The molecule has 1 amide bonds. The number of hydrazone groups is 1. The van der Waals surface area contributed by atoms with Crippen LogP contribution in [0.5, 0.6) is 5.75 Å². The van der Waals surface area contributed by atoms with Gasteiger partial charge in [0.25, 0.3) is 5.91 Å². The number of carbonyl (C=O) groups is 1. The summed E-state index contributed by atoms with van der Waals surface area (Å²) >= 11 is 4.95. The number of nitrogens with one attached hydrogen (secondary N) is 1. The lowest BCUT2D eigenvalue weighted by Gasteiger charge is -2.04. The Bertz CT molecular complexity index is 611. The zero-order valence-electron chi connectivity index (χ0n) is 10.8. The first-order chi connectivity index (χ1) is 9.65. The van der Waals surface area contributed by atoms with Crippen LogP contribution in [0, 0.1) is 0 Å². The van der Waals surface area contributed by atoms with Crippen LogP contribution >= 0.6 is 27.3 Å². The molecule has 6 heteroatoms. The van der Waals surface area contributed by atoms with Gasteiger partial charge < -0.3 is 4.74 Å². The predicted molar refractivity (Wildman–Crippen MR) is 84.3 cm³/mol. The summed E-state index contributed by atoms with van der Waals surface area (Å²) in [6.07, 6.45) is 0. The van der Waals surface area contributed by atoms with Gasteiger partial charge in [-0.05, 0) is 47.1 Å². The van der Waals surface area contributed by atoms with Crippen molar-refractivity contribution in [1.29, 1.82) is 0 Å². The second-order valence-electron chi connectivity index (χ2n) is 3.94. The molecule has 0 radical (unpaired) electrons. The second kappa shape index (κ2) is 7.21. The van der Waals surface area contributed by atoms with E-state index in [9.17, 15) is 4.79 Å². The van der Waals surface area contributed by atoms with Gasteiger partial charge in [0.2, 0.25) is 0 Å². The summed E-state index contributed by atoms with van der Waals surface area (Å²) in [4.78, 5) is 12.6. The van der Waals surface area contributed by atoms with Crippen molar-refractivity contribution < 1.29 is 9.53 Å². The Labute approximate surface area is 129 Å². The Balaban J connectivity index is 1.83. The Kier molecular flexibility index (Phi) is 5.31. The first-order valence-electron chi connectivity index (χ1n) is 5.92. The number of para-hydroxylation sites is 1. The van der Waals surface area contributed by atoms with Gasteiger partial charge in [-0.1, -0.05) is 18.2 Å². The van der Waals surface area contributed by atoms with Crippen molar-refractivity contribution in [1.82, 2.24) is 5.43 Å². The van der Waals surface area contributed by atoms with Gasteiger partial charge in [0.1, 0.15) is 5.75 Å². The number of carbonyl (C=O) groups excluding carboxylic acids is 1. The lowest BCUT2D eigenvalue weighted by Crippen LogP contribution is -2.25. The third-order valence-corrected chi connectivity index (χ3v) is 4.12. The molecule has 0 fully saturated rings. The molecule has 0 atom stereocenters. The summed E-state index contributed by atoms with van der Waals surface area (Å²) in [5.41, 5.74) is 3.23. The molecule has 0 unspecified atom stereocenters.